The van der Waals surface area contributed by atoms with Gasteiger partial charge in [-0.05, 0) is 34.7 Å². The number of anilines is 1. The number of H-pyrrole nitrogens is 1. The van der Waals surface area contributed by atoms with E-state index in [0.29, 0.717) is 12.5 Å². The second-order valence-corrected chi connectivity index (χ2v) is 6.81. The van der Waals surface area contributed by atoms with E-state index in [4.69, 9.17) is 0 Å². The lowest BCUT2D eigenvalue weighted by Gasteiger charge is -2.07. The van der Waals surface area contributed by atoms with Gasteiger partial charge >= 0.3 is 0 Å². The topological polar surface area (TPSA) is 66.5 Å². The van der Waals surface area contributed by atoms with E-state index in [2.05, 4.69) is 60.5 Å². The SMILES string of the molecule is c1cnc(NCc2ccc3c(c2)-c2[nH]nc(-c4ccsc4)c2C3)nc1. The van der Waals surface area contributed by atoms with Gasteiger partial charge in [-0.3, -0.25) is 5.10 Å². The summed E-state index contributed by atoms with van der Waals surface area (Å²) in [6, 6.07) is 10.5. The predicted octanol–water partition coefficient (Wildman–Crippen LogP) is 4.11. The monoisotopic (exact) mass is 345 g/mol. The van der Waals surface area contributed by atoms with Crippen molar-refractivity contribution in [2.75, 3.05) is 5.32 Å². The van der Waals surface area contributed by atoms with Crippen molar-refractivity contribution in [3.63, 3.8) is 0 Å². The fraction of sp³-hybridized carbons (Fsp3) is 0.105. The molecule has 25 heavy (non-hydrogen) atoms. The highest BCUT2D eigenvalue weighted by Crippen LogP contribution is 2.40. The van der Waals surface area contributed by atoms with E-state index in [1.807, 2.05) is 6.07 Å². The first-order valence-electron chi connectivity index (χ1n) is 8.11. The van der Waals surface area contributed by atoms with Crippen LogP contribution in [0.4, 0.5) is 5.95 Å². The van der Waals surface area contributed by atoms with Crippen LogP contribution in [0.25, 0.3) is 22.5 Å². The summed E-state index contributed by atoms with van der Waals surface area (Å²) >= 11 is 1.70. The highest BCUT2D eigenvalue weighted by molar-refractivity contribution is 7.08. The third kappa shape index (κ3) is 2.51. The lowest BCUT2D eigenvalue weighted by atomic mass is 10.1. The van der Waals surface area contributed by atoms with Crippen LogP contribution in [0, 0.1) is 0 Å². The lowest BCUT2D eigenvalue weighted by molar-refractivity contribution is 1.05. The van der Waals surface area contributed by atoms with Crippen molar-refractivity contribution in [3.8, 4) is 22.5 Å². The quantitative estimate of drug-likeness (QED) is 0.514. The summed E-state index contributed by atoms with van der Waals surface area (Å²) in [7, 11) is 0. The molecule has 122 valence electrons. The van der Waals surface area contributed by atoms with Crippen LogP contribution in [0.15, 0.2) is 53.5 Å². The maximum atomic E-state index is 4.55. The molecule has 5 nitrogen and oxygen atoms in total. The first-order chi connectivity index (χ1) is 12.4. The Morgan fingerprint density at radius 1 is 1.16 bits per heavy atom. The molecule has 1 aromatic carbocycles. The summed E-state index contributed by atoms with van der Waals surface area (Å²) in [5.41, 5.74) is 8.50. The molecule has 0 bridgehead atoms. The van der Waals surface area contributed by atoms with E-state index in [0.717, 1.165) is 17.8 Å². The first-order valence-corrected chi connectivity index (χ1v) is 9.05. The number of hydrogen-bond donors (Lipinski definition) is 2. The second-order valence-electron chi connectivity index (χ2n) is 6.03. The molecule has 0 saturated carbocycles. The van der Waals surface area contributed by atoms with Gasteiger partial charge in [-0.25, -0.2) is 9.97 Å². The van der Waals surface area contributed by atoms with Gasteiger partial charge in [0.1, 0.15) is 0 Å². The first kappa shape index (κ1) is 14.4. The van der Waals surface area contributed by atoms with Crippen LogP contribution < -0.4 is 5.32 Å². The van der Waals surface area contributed by atoms with Crippen LogP contribution >= 0.6 is 11.3 Å². The number of aromatic nitrogens is 4. The zero-order valence-corrected chi connectivity index (χ0v) is 14.2. The van der Waals surface area contributed by atoms with Gasteiger partial charge in [-0.2, -0.15) is 16.4 Å². The summed E-state index contributed by atoms with van der Waals surface area (Å²) in [6.07, 6.45) is 4.41. The summed E-state index contributed by atoms with van der Waals surface area (Å²) in [5.74, 6) is 0.643. The maximum absolute atomic E-state index is 4.55. The lowest BCUT2D eigenvalue weighted by Crippen LogP contribution is -2.03. The molecule has 2 N–H and O–H groups in total. The molecule has 3 heterocycles. The molecule has 0 atom stereocenters. The molecule has 0 saturated heterocycles. The van der Waals surface area contributed by atoms with E-state index in [1.54, 1.807) is 23.7 Å². The van der Waals surface area contributed by atoms with E-state index in [1.165, 1.54) is 27.8 Å². The normalized spacial score (nSPS) is 12.0. The van der Waals surface area contributed by atoms with Gasteiger partial charge in [0, 0.05) is 47.4 Å². The van der Waals surface area contributed by atoms with Crippen molar-refractivity contribution in [2.45, 2.75) is 13.0 Å². The molecule has 3 aromatic heterocycles. The minimum Gasteiger partial charge on any atom is -0.350 e. The Balaban J connectivity index is 1.44. The fourth-order valence-electron chi connectivity index (χ4n) is 3.28. The Kier molecular flexibility index (Phi) is 3.34. The summed E-state index contributed by atoms with van der Waals surface area (Å²) in [4.78, 5) is 8.39. The molecule has 5 rings (SSSR count). The number of benzene rings is 1. The van der Waals surface area contributed by atoms with Gasteiger partial charge < -0.3 is 5.32 Å². The Labute approximate surface area is 148 Å². The molecule has 0 radical (unpaired) electrons. The molecule has 1 aliphatic carbocycles. The predicted molar refractivity (Wildman–Crippen MR) is 99.5 cm³/mol. The van der Waals surface area contributed by atoms with Crippen LogP contribution in [-0.4, -0.2) is 20.2 Å². The van der Waals surface area contributed by atoms with Gasteiger partial charge in [0.2, 0.25) is 5.95 Å². The molecule has 1 aliphatic rings. The van der Waals surface area contributed by atoms with E-state index < -0.39 is 0 Å². The number of nitrogens with zero attached hydrogens (tertiary/aromatic N) is 3. The van der Waals surface area contributed by atoms with E-state index >= 15 is 0 Å². The Morgan fingerprint density at radius 3 is 2.92 bits per heavy atom. The number of rotatable bonds is 4. The van der Waals surface area contributed by atoms with Crippen LogP contribution in [0.1, 0.15) is 16.7 Å². The number of hydrogen-bond acceptors (Lipinski definition) is 5. The van der Waals surface area contributed by atoms with Crippen LogP contribution in [0.3, 0.4) is 0 Å². The van der Waals surface area contributed by atoms with Gasteiger partial charge in [0.25, 0.3) is 0 Å². The van der Waals surface area contributed by atoms with Crippen LogP contribution in [-0.2, 0) is 13.0 Å². The van der Waals surface area contributed by atoms with Crippen molar-refractivity contribution in [1.82, 2.24) is 20.2 Å². The average Bonchev–Trinajstić information content (AvgIpc) is 3.37. The third-order valence-corrected chi connectivity index (χ3v) is 5.17. The van der Waals surface area contributed by atoms with Crippen LogP contribution in [0.2, 0.25) is 0 Å². The fourth-order valence-corrected chi connectivity index (χ4v) is 3.92. The largest absolute Gasteiger partial charge is 0.350 e. The second kappa shape index (κ2) is 5.82. The highest BCUT2D eigenvalue weighted by Gasteiger charge is 2.25. The Morgan fingerprint density at radius 2 is 2.08 bits per heavy atom. The number of nitrogens with one attached hydrogen (secondary N) is 2. The van der Waals surface area contributed by atoms with Crippen molar-refractivity contribution in [2.24, 2.45) is 0 Å². The summed E-state index contributed by atoms with van der Waals surface area (Å²) in [5, 5.41) is 15.3. The average molecular weight is 345 g/mol. The number of aromatic amines is 1. The maximum Gasteiger partial charge on any atom is 0.222 e. The zero-order chi connectivity index (χ0) is 16.6. The standard InChI is InChI=1S/C19H15N5S/c1-5-20-19(21-6-1)22-10-12-2-3-13-9-16-17(14-4-7-25-11-14)23-24-18(16)15(13)8-12/h1-8,11H,9-10H2,(H,23,24)(H,20,21,22). The van der Waals surface area contributed by atoms with Gasteiger partial charge in [0.15, 0.2) is 0 Å². The summed E-state index contributed by atoms with van der Waals surface area (Å²) in [6.45, 7) is 0.693. The molecule has 0 spiro atoms. The van der Waals surface area contributed by atoms with Gasteiger partial charge in [0.05, 0.1) is 11.4 Å². The minimum atomic E-state index is 0.643. The molecule has 0 unspecified atom stereocenters. The highest BCUT2D eigenvalue weighted by atomic mass is 32.1. The molecule has 4 aromatic rings. The molecule has 0 amide bonds. The molecule has 0 aliphatic heterocycles. The number of fused-ring (bicyclic) bond motifs is 3. The third-order valence-electron chi connectivity index (χ3n) is 4.49. The molecular formula is C19H15N5S. The zero-order valence-electron chi connectivity index (χ0n) is 13.4. The van der Waals surface area contributed by atoms with Gasteiger partial charge in [-0.15, -0.1) is 0 Å². The Hall–Kier alpha value is -2.99. The minimum absolute atomic E-state index is 0.643. The Bertz CT molecular complexity index is 1020. The summed E-state index contributed by atoms with van der Waals surface area (Å²) < 4.78 is 0. The molecule has 0 fully saturated rings. The number of thiophene rings is 1. The smallest absolute Gasteiger partial charge is 0.222 e. The van der Waals surface area contributed by atoms with Crippen molar-refractivity contribution in [1.29, 1.82) is 0 Å². The van der Waals surface area contributed by atoms with Crippen LogP contribution in [0.5, 0.6) is 0 Å². The van der Waals surface area contributed by atoms with Gasteiger partial charge in [-0.1, -0.05) is 12.1 Å². The van der Waals surface area contributed by atoms with E-state index in [9.17, 15) is 0 Å². The van der Waals surface area contributed by atoms with E-state index in [-0.39, 0.29) is 0 Å². The van der Waals surface area contributed by atoms with Crippen molar-refractivity contribution >= 4 is 17.3 Å². The van der Waals surface area contributed by atoms with Crippen molar-refractivity contribution in [3.05, 3.63) is 70.2 Å². The van der Waals surface area contributed by atoms with Crippen molar-refractivity contribution < 1.29 is 0 Å². The molecule has 6 heteroatoms. The molecular weight excluding hydrogens is 330 g/mol.